The summed E-state index contributed by atoms with van der Waals surface area (Å²) in [6.07, 6.45) is 4.58. The number of likely N-dealkylation sites (tertiary alicyclic amines) is 1. The van der Waals surface area contributed by atoms with Gasteiger partial charge in [0.05, 0.1) is 13.7 Å². The van der Waals surface area contributed by atoms with Gasteiger partial charge in [0.25, 0.3) is 11.8 Å². The van der Waals surface area contributed by atoms with Gasteiger partial charge >= 0.3 is 0 Å². The summed E-state index contributed by atoms with van der Waals surface area (Å²) in [4.78, 5) is 27.7. The van der Waals surface area contributed by atoms with Gasteiger partial charge in [-0.25, -0.2) is 0 Å². The third-order valence-electron chi connectivity index (χ3n) is 4.62. The van der Waals surface area contributed by atoms with Crippen molar-refractivity contribution in [3.8, 4) is 5.75 Å². The standard InChI is InChI=1S/C19H29N3O3/c1-3-21(15-19(24)22-11-6-4-5-7-12-22)14-18(23)20-16-9-8-10-17(13-16)25-2/h8-10,13H,3-7,11-12,14-15H2,1-2H3,(H,20,23)/p+1. The van der Waals surface area contributed by atoms with Crippen LogP contribution in [0.25, 0.3) is 0 Å². The first-order chi connectivity index (χ1) is 12.1. The smallest absolute Gasteiger partial charge is 0.279 e. The number of quaternary nitrogens is 1. The highest BCUT2D eigenvalue weighted by molar-refractivity contribution is 5.91. The number of ether oxygens (including phenoxy) is 1. The molecule has 0 saturated carbocycles. The Hall–Kier alpha value is -2.08. The number of hydrogen-bond donors (Lipinski definition) is 2. The van der Waals surface area contributed by atoms with E-state index in [1.54, 1.807) is 13.2 Å². The predicted molar refractivity (Wildman–Crippen MR) is 97.9 cm³/mol. The number of nitrogens with one attached hydrogen (secondary N) is 2. The predicted octanol–water partition coefficient (Wildman–Crippen LogP) is 0.941. The summed E-state index contributed by atoms with van der Waals surface area (Å²) in [5.74, 6) is 0.774. The van der Waals surface area contributed by atoms with Crippen LogP contribution >= 0.6 is 0 Å². The van der Waals surface area contributed by atoms with Crippen LogP contribution in [0.4, 0.5) is 5.69 Å². The number of nitrogens with zero attached hydrogens (tertiary/aromatic N) is 1. The molecule has 1 unspecified atom stereocenters. The fourth-order valence-corrected chi connectivity index (χ4v) is 3.09. The Labute approximate surface area is 150 Å². The van der Waals surface area contributed by atoms with Crippen molar-refractivity contribution in [2.75, 3.05) is 45.2 Å². The minimum Gasteiger partial charge on any atom is -0.497 e. The lowest BCUT2D eigenvalue weighted by molar-refractivity contribution is -0.882. The first-order valence-corrected chi connectivity index (χ1v) is 9.17. The molecule has 1 fully saturated rings. The molecule has 6 nitrogen and oxygen atoms in total. The van der Waals surface area contributed by atoms with Gasteiger partial charge in [0, 0.05) is 24.8 Å². The van der Waals surface area contributed by atoms with Gasteiger partial charge in [-0.3, -0.25) is 9.59 Å². The van der Waals surface area contributed by atoms with Crippen molar-refractivity contribution in [3.63, 3.8) is 0 Å². The van der Waals surface area contributed by atoms with E-state index in [1.807, 2.05) is 30.0 Å². The molecule has 1 saturated heterocycles. The van der Waals surface area contributed by atoms with Crippen molar-refractivity contribution >= 4 is 17.5 Å². The van der Waals surface area contributed by atoms with Gasteiger partial charge in [0.15, 0.2) is 13.1 Å². The van der Waals surface area contributed by atoms with E-state index < -0.39 is 0 Å². The maximum atomic E-state index is 12.5. The number of likely N-dealkylation sites (N-methyl/N-ethyl adjacent to an activating group) is 1. The lowest BCUT2D eigenvalue weighted by Crippen LogP contribution is -3.14. The van der Waals surface area contributed by atoms with Crippen LogP contribution in [-0.2, 0) is 9.59 Å². The molecular weight excluding hydrogens is 318 g/mol. The maximum Gasteiger partial charge on any atom is 0.279 e. The molecule has 2 amide bonds. The summed E-state index contributed by atoms with van der Waals surface area (Å²) in [7, 11) is 1.60. The number of carbonyl (C=O) groups excluding carboxylic acids is 2. The second-order valence-electron chi connectivity index (χ2n) is 6.53. The second kappa shape index (κ2) is 10.0. The fourth-order valence-electron chi connectivity index (χ4n) is 3.09. The third kappa shape index (κ3) is 6.38. The van der Waals surface area contributed by atoms with Crippen LogP contribution in [0.1, 0.15) is 32.6 Å². The Kier molecular flexibility index (Phi) is 7.73. The zero-order valence-corrected chi connectivity index (χ0v) is 15.3. The Morgan fingerprint density at radius 2 is 1.88 bits per heavy atom. The van der Waals surface area contributed by atoms with E-state index in [0.717, 1.165) is 37.4 Å². The number of amides is 2. The van der Waals surface area contributed by atoms with E-state index in [9.17, 15) is 9.59 Å². The van der Waals surface area contributed by atoms with Gasteiger partial charge < -0.3 is 19.9 Å². The number of methoxy groups -OCH3 is 1. The van der Waals surface area contributed by atoms with Crippen LogP contribution in [0.5, 0.6) is 5.75 Å². The molecule has 1 aromatic carbocycles. The number of benzene rings is 1. The lowest BCUT2D eigenvalue weighted by Gasteiger charge is -2.23. The zero-order valence-electron chi connectivity index (χ0n) is 15.3. The summed E-state index contributed by atoms with van der Waals surface area (Å²) < 4.78 is 5.16. The minimum atomic E-state index is -0.0891. The molecule has 1 aromatic rings. The third-order valence-corrected chi connectivity index (χ3v) is 4.62. The zero-order chi connectivity index (χ0) is 18.1. The molecule has 0 aliphatic carbocycles. The van der Waals surface area contributed by atoms with Crippen LogP contribution in [0.2, 0.25) is 0 Å². The number of rotatable bonds is 7. The molecule has 2 rings (SSSR count). The summed E-state index contributed by atoms with van der Waals surface area (Å²) in [6.45, 7) is 5.11. The summed E-state index contributed by atoms with van der Waals surface area (Å²) in [6, 6.07) is 7.28. The first-order valence-electron chi connectivity index (χ1n) is 9.17. The van der Waals surface area contributed by atoms with E-state index in [0.29, 0.717) is 18.0 Å². The maximum absolute atomic E-state index is 12.5. The monoisotopic (exact) mass is 348 g/mol. The van der Waals surface area contributed by atoms with Gasteiger partial charge in [-0.15, -0.1) is 0 Å². The molecule has 1 heterocycles. The topological polar surface area (TPSA) is 63.1 Å². The van der Waals surface area contributed by atoms with Gasteiger partial charge in [-0.2, -0.15) is 0 Å². The van der Waals surface area contributed by atoms with Gasteiger partial charge in [0.1, 0.15) is 5.75 Å². The fraction of sp³-hybridized carbons (Fsp3) is 0.579. The molecule has 1 aliphatic heterocycles. The molecule has 0 aromatic heterocycles. The highest BCUT2D eigenvalue weighted by Gasteiger charge is 2.22. The van der Waals surface area contributed by atoms with Crippen LogP contribution < -0.4 is 15.0 Å². The number of anilines is 1. The summed E-state index contributed by atoms with van der Waals surface area (Å²) in [5.41, 5.74) is 0.707. The average Bonchev–Trinajstić information content (AvgIpc) is 2.90. The van der Waals surface area contributed by atoms with E-state index in [2.05, 4.69) is 5.32 Å². The Bertz CT molecular complexity index is 569. The molecule has 1 aliphatic rings. The van der Waals surface area contributed by atoms with Crippen molar-refractivity contribution in [2.45, 2.75) is 32.6 Å². The van der Waals surface area contributed by atoms with E-state index in [4.69, 9.17) is 4.74 Å². The SMILES string of the molecule is CC[NH+](CC(=O)Nc1cccc(OC)c1)CC(=O)N1CCCCCC1. The van der Waals surface area contributed by atoms with Crippen molar-refractivity contribution in [3.05, 3.63) is 24.3 Å². The van der Waals surface area contributed by atoms with Gasteiger partial charge in [-0.1, -0.05) is 18.9 Å². The van der Waals surface area contributed by atoms with Gasteiger partial charge in [0.2, 0.25) is 0 Å². The van der Waals surface area contributed by atoms with E-state index in [-0.39, 0.29) is 18.4 Å². The number of hydrogen-bond acceptors (Lipinski definition) is 3. The largest absolute Gasteiger partial charge is 0.497 e. The van der Waals surface area contributed by atoms with Crippen molar-refractivity contribution in [1.82, 2.24) is 4.90 Å². The second-order valence-corrected chi connectivity index (χ2v) is 6.53. The average molecular weight is 348 g/mol. The van der Waals surface area contributed by atoms with Crippen LogP contribution in [0, 0.1) is 0 Å². The Morgan fingerprint density at radius 1 is 1.16 bits per heavy atom. The van der Waals surface area contributed by atoms with Crippen LogP contribution in [0.15, 0.2) is 24.3 Å². The quantitative estimate of drug-likeness (QED) is 0.771. The van der Waals surface area contributed by atoms with Crippen molar-refractivity contribution in [1.29, 1.82) is 0 Å². The molecule has 0 bridgehead atoms. The van der Waals surface area contributed by atoms with Crippen molar-refractivity contribution in [2.24, 2.45) is 0 Å². The molecule has 0 spiro atoms. The Morgan fingerprint density at radius 3 is 2.52 bits per heavy atom. The molecule has 25 heavy (non-hydrogen) atoms. The minimum absolute atomic E-state index is 0.0891. The normalized spacial score (nSPS) is 16.0. The van der Waals surface area contributed by atoms with Gasteiger partial charge in [-0.05, 0) is 31.9 Å². The van der Waals surface area contributed by atoms with Crippen LogP contribution in [-0.4, -0.2) is 56.5 Å². The summed E-state index contributed by atoms with van der Waals surface area (Å²) in [5, 5.41) is 2.88. The Balaban J connectivity index is 1.85. The first kappa shape index (κ1) is 19.2. The summed E-state index contributed by atoms with van der Waals surface area (Å²) >= 11 is 0. The lowest BCUT2D eigenvalue weighted by atomic mass is 10.2. The number of carbonyl (C=O) groups is 2. The molecular formula is C19H30N3O3+. The highest BCUT2D eigenvalue weighted by Crippen LogP contribution is 2.16. The van der Waals surface area contributed by atoms with E-state index in [1.165, 1.54) is 12.8 Å². The molecule has 6 heteroatoms. The van der Waals surface area contributed by atoms with E-state index >= 15 is 0 Å². The molecule has 2 N–H and O–H groups in total. The van der Waals surface area contributed by atoms with Crippen LogP contribution in [0.3, 0.4) is 0 Å². The molecule has 138 valence electrons. The van der Waals surface area contributed by atoms with Crippen molar-refractivity contribution < 1.29 is 19.2 Å². The highest BCUT2D eigenvalue weighted by atomic mass is 16.5. The molecule has 1 atom stereocenters. The molecule has 0 radical (unpaired) electrons.